The van der Waals surface area contributed by atoms with Crippen molar-refractivity contribution < 1.29 is 18.3 Å². The standard InChI is InChI=1S/C20H15Cl2N5O5S2/c1-23-14-6-10-7-17(28)27(19(29)12(10)8-13(14)21)16-4-2-11(9-24-16)25-20(30)26-34(31,32)18-5-3-15(22)33-18/h2-9,23,29H,1H3,(H2,25,26,30). The number of nitrogens with zero attached hydrogens (tertiary/aromatic N) is 2. The zero-order valence-corrected chi connectivity index (χ0v) is 20.3. The SMILES string of the molecule is CNc1cc2cc(=O)n(-c3ccc(NC(=O)NS(=O)(=O)c4ccc(Cl)s4)cn3)c(O)c2cc1Cl. The maximum absolute atomic E-state index is 12.6. The number of hydrogen-bond acceptors (Lipinski definition) is 8. The van der Waals surface area contributed by atoms with E-state index in [1.165, 1.54) is 42.6 Å². The molecule has 10 nitrogen and oxygen atoms in total. The first-order valence-electron chi connectivity index (χ1n) is 9.40. The van der Waals surface area contributed by atoms with Crippen molar-refractivity contribution in [3.05, 3.63) is 68.4 Å². The number of aromatic nitrogens is 2. The minimum Gasteiger partial charge on any atom is -0.494 e. The summed E-state index contributed by atoms with van der Waals surface area (Å²) in [5.74, 6) is -0.288. The second-order valence-corrected chi connectivity index (χ2v) is 10.9. The molecule has 14 heteroatoms. The zero-order chi connectivity index (χ0) is 24.6. The molecule has 0 radical (unpaired) electrons. The lowest BCUT2D eigenvalue weighted by Crippen LogP contribution is -2.34. The maximum Gasteiger partial charge on any atom is 0.333 e. The van der Waals surface area contributed by atoms with Crippen LogP contribution in [0.15, 0.2) is 57.7 Å². The number of aromatic hydroxyl groups is 1. The molecule has 0 fully saturated rings. The lowest BCUT2D eigenvalue weighted by Gasteiger charge is -2.13. The Labute approximate surface area is 206 Å². The Balaban J connectivity index is 1.58. The predicted molar refractivity (Wildman–Crippen MR) is 132 cm³/mol. The summed E-state index contributed by atoms with van der Waals surface area (Å²) in [4.78, 5) is 28.9. The number of carbonyl (C=O) groups excluding carboxylic acids is 1. The highest BCUT2D eigenvalue weighted by atomic mass is 35.5. The molecule has 0 aliphatic heterocycles. The molecule has 0 saturated heterocycles. The number of sulfonamides is 1. The molecule has 3 heterocycles. The number of urea groups is 1. The van der Waals surface area contributed by atoms with Crippen LogP contribution in [0.3, 0.4) is 0 Å². The van der Waals surface area contributed by atoms with E-state index in [9.17, 15) is 23.1 Å². The second-order valence-electron chi connectivity index (χ2n) is 6.83. The number of amides is 2. The summed E-state index contributed by atoms with van der Waals surface area (Å²) >= 11 is 12.7. The molecule has 4 rings (SSSR count). The molecular formula is C20H15Cl2N5O5S2. The number of benzene rings is 1. The van der Waals surface area contributed by atoms with Crippen LogP contribution in [0.4, 0.5) is 16.2 Å². The molecule has 4 N–H and O–H groups in total. The van der Waals surface area contributed by atoms with Crippen LogP contribution in [-0.2, 0) is 10.0 Å². The molecule has 2 amide bonds. The first-order valence-corrected chi connectivity index (χ1v) is 12.5. The molecule has 3 aromatic heterocycles. The van der Waals surface area contributed by atoms with Gasteiger partial charge in [0.05, 0.1) is 26.9 Å². The smallest absolute Gasteiger partial charge is 0.333 e. The topological polar surface area (TPSA) is 142 Å². The number of pyridine rings is 2. The van der Waals surface area contributed by atoms with E-state index >= 15 is 0 Å². The zero-order valence-electron chi connectivity index (χ0n) is 17.2. The monoisotopic (exact) mass is 539 g/mol. The normalized spacial score (nSPS) is 11.4. The van der Waals surface area contributed by atoms with Gasteiger partial charge in [-0.05, 0) is 41.8 Å². The summed E-state index contributed by atoms with van der Waals surface area (Å²) in [7, 11) is -2.41. The van der Waals surface area contributed by atoms with E-state index < -0.39 is 21.6 Å². The van der Waals surface area contributed by atoms with E-state index in [0.29, 0.717) is 21.5 Å². The highest BCUT2D eigenvalue weighted by Crippen LogP contribution is 2.32. The number of halogens is 2. The maximum atomic E-state index is 12.6. The van der Waals surface area contributed by atoms with Gasteiger partial charge < -0.3 is 15.7 Å². The van der Waals surface area contributed by atoms with Crippen molar-refractivity contribution in [1.82, 2.24) is 14.3 Å². The van der Waals surface area contributed by atoms with Gasteiger partial charge in [-0.3, -0.25) is 4.79 Å². The Morgan fingerprint density at radius 1 is 1.15 bits per heavy atom. The average molecular weight is 540 g/mol. The summed E-state index contributed by atoms with van der Waals surface area (Å²) in [6.45, 7) is 0. The van der Waals surface area contributed by atoms with Crippen molar-refractivity contribution in [3.63, 3.8) is 0 Å². The van der Waals surface area contributed by atoms with Crippen LogP contribution in [0.25, 0.3) is 16.6 Å². The molecule has 176 valence electrons. The highest BCUT2D eigenvalue weighted by Gasteiger charge is 2.20. The fourth-order valence-corrected chi connectivity index (χ4v) is 5.75. The molecule has 4 aromatic rings. The van der Waals surface area contributed by atoms with Gasteiger partial charge in [0.1, 0.15) is 10.0 Å². The van der Waals surface area contributed by atoms with Crippen molar-refractivity contribution in [1.29, 1.82) is 0 Å². The molecule has 34 heavy (non-hydrogen) atoms. The lowest BCUT2D eigenvalue weighted by molar-refractivity contribution is 0.256. The molecule has 1 aromatic carbocycles. The van der Waals surface area contributed by atoms with E-state index in [0.717, 1.165) is 15.9 Å². The van der Waals surface area contributed by atoms with Crippen LogP contribution in [0, 0.1) is 0 Å². The van der Waals surface area contributed by atoms with E-state index in [-0.39, 0.29) is 25.9 Å². The summed E-state index contributed by atoms with van der Waals surface area (Å²) < 4.78 is 27.4. The van der Waals surface area contributed by atoms with Gasteiger partial charge in [0.15, 0.2) is 0 Å². The van der Waals surface area contributed by atoms with Crippen LogP contribution >= 0.6 is 34.5 Å². The first-order chi connectivity index (χ1) is 16.1. The molecule has 0 atom stereocenters. The minimum atomic E-state index is -4.09. The predicted octanol–water partition coefficient (Wildman–Crippen LogP) is 4.01. The lowest BCUT2D eigenvalue weighted by atomic mass is 10.1. The molecule has 0 spiro atoms. The third kappa shape index (κ3) is 4.66. The summed E-state index contributed by atoms with van der Waals surface area (Å²) in [6.07, 6.45) is 1.21. The van der Waals surface area contributed by atoms with Crippen molar-refractivity contribution >= 4 is 72.7 Å². The Hall–Kier alpha value is -3.32. The van der Waals surface area contributed by atoms with Gasteiger partial charge in [0, 0.05) is 18.5 Å². The Morgan fingerprint density at radius 3 is 2.53 bits per heavy atom. The molecule has 0 aliphatic rings. The Morgan fingerprint density at radius 2 is 1.91 bits per heavy atom. The van der Waals surface area contributed by atoms with Crippen LogP contribution in [-0.4, -0.2) is 36.2 Å². The number of fused-ring (bicyclic) bond motifs is 1. The molecular weight excluding hydrogens is 525 g/mol. The minimum absolute atomic E-state index is 0.0741. The fraction of sp³-hybridized carbons (Fsp3) is 0.0500. The summed E-state index contributed by atoms with van der Waals surface area (Å²) in [5, 5.41) is 17.1. The van der Waals surface area contributed by atoms with Gasteiger partial charge in [-0.2, -0.15) is 0 Å². The number of nitrogens with one attached hydrogen (secondary N) is 3. The number of hydrogen-bond donors (Lipinski definition) is 4. The molecule has 0 bridgehead atoms. The third-order valence-electron chi connectivity index (χ3n) is 4.64. The van der Waals surface area contributed by atoms with Gasteiger partial charge in [-0.1, -0.05) is 23.2 Å². The molecule has 0 aliphatic carbocycles. The Kier molecular flexibility index (Phi) is 6.41. The van der Waals surface area contributed by atoms with Gasteiger partial charge in [-0.25, -0.2) is 27.5 Å². The van der Waals surface area contributed by atoms with Crippen LogP contribution in [0.1, 0.15) is 0 Å². The quantitative estimate of drug-likeness (QED) is 0.300. The largest absolute Gasteiger partial charge is 0.494 e. The van der Waals surface area contributed by atoms with Crippen LogP contribution < -0.4 is 20.9 Å². The first kappa shape index (κ1) is 23.8. The van der Waals surface area contributed by atoms with Crippen LogP contribution in [0.2, 0.25) is 9.36 Å². The number of thiophene rings is 1. The molecule has 0 saturated carbocycles. The van der Waals surface area contributed by atoms with Gasteiger partial charge in [0.2, 0.25) is 5.88 Å². The summed E-state index contributed by atoms with van der Waals surface area (Å²) in [5.41, 5.74) is 0.207. The van der Waals surface area contributed by atoms with E-state index in [2.05, 4.69) is 15.6 Å². The van der Waals surface area contributed by atoms with Crippen LogP contribution in [0.5, 0.6) is 5.88 Å². The highest BCUT2D eigenvalue weighted by molar-refractivity contribution is 7.92. The second kappa shape index (κ2) is 9.14. The van der Waals surface area contributed by atoms with Crippen molar-refractivity contribution in [3.8, 4) is 11.7 Å². The fourth-order valence-electron chi connectivity index (χ4n) is 3.10. The van der Waals surface area contributed by atoms with Gasteiger partial charge in [0.25, 0.3) is 15.6 Å². The Bertz CT molecular complexity index is 1580. The third-order valence-corrected chi connectivity index (χ3v) is 8.00. The number of carbonyl (C=O) groups is 1. The van der Waals surface area contributed by atoms with E-state index in [1.807, 2.05) is 4.72 Å². The average Bonchev–Trinajstić information content (AvgIpc) is 3.22. The van der Waals surface area contributed by atoms with E-state index in [1.54, 1.807) is 13.1 Å². The van der Waals surface area contributed by atoms with Crippen molar-refractivity contribution in [2.75, 3.05) is 17.7 Å². The van der Waals surface area contributed by atoms with Crippen molar-refractivity contribution in [2.45, 2.75) is 4.21 Å². The number of rotatable bonds is 5. The van der Waals surface area contributed by atoms with Gasteiger partial charge in [-0.15, -0.1) is 11.3 Å². The summed E-state index contributed by atoms with van der Waals surface area (Å²) in [6, 6.07) is 8.92. The number of anilines is 2. The van der Waals surface area contributed by atoms with E-state index in [4.69, 9.17) is 23.2 Å². The van der Waals surface area contributed by atoms with Crippen molar-refractivity contribution in [2.24, 2.45) is 0 Å². The molecule has 0 unspecified atom stereocenters. The van der Waals surface area contributed by atoms with Gasteiger partial charge >= 0.3 is 6.03 Å².